The lowest BCUT2D eigenvalue weighted by molar-refractivity contribution is 0.0951. The van der Waals surface area contributed by atoms with Gasteiger partial charge in [0.2, 0.25) is 0 Å². The van der Waals surface area contributed by atoms with Gasteiger partial charge >= 0.3 is 0 Å². The van der Waals surface area contributed by atoms with Crippen LogP contribution in [0.3, 0.4) is 0 Å². The van der Waals surface area contributed by atoms with E-state index in [9.17, 15) is 9.59 Å². The number of hydrogen-bond acceptors (Lipinski definition) is 3. The maximum Gasteiger partial charge on any atom is 0.256 e. The first-order chi connectivity index (χ1) is 7.75. The molecule has 0 fully saturated rings. The molecule has 0 aliphatic heterocycles. The lowest BCUT2D eigenvalue weighted by Crippen LogP contribution is -2.29. The minimum absolute atomic E-state index is 0.114. The minimum atomic E-state index is -0.376. The van der Waals surface area contributed by atoms with Gasteiger partial charge in [-0.1, -0.05) is 0 Å². The average Bonchev–Trinajstić information content (AvgIpc) is 2.29. The smallest absolute Gasteiger partial charge is 0.256 e. The third-order valence-electron chi connectivity index (χ3n) is 2.07. The summed E-state index contributed by atoms with van der Waals surface area (Å²) in [5.74, 6) is -0.376. The van der Waals surface area contributed by atoms with Crippen molar-refractivity contribution in [1.82, 2.24) is 10.3 Å². The molecule has 5 heteroatoms. The maximum absolute atomic E-state index is 11.5. The summed E-state index contributed by atoms with van der Waals surface area (Å²) in [6, 6.07) is 3.34. The molecule has 0 radical (unpaired) electrons. The van der Waals surface area contributed by atoms with E-state index in [0.717, 1.165) is 12.8 Å². The average molecular weight is 219 g/mol. The molecule has 0 saturated heterocycles. The predicted molar refractivity (Wildman–Crippen MR) is 58.9 cm³/mol. The van der Waals surface area contributed by atoms with E-state index in [2.05, 4.69) is 10.3 Å². The van der Waals surface area contributed by atoms with Crippen LogP contribution in [0.5, 0.6) is 0 Å². The third kappa shape index (κ3) is 3.58. The number of pyridine rings is 1. The van der Waals surface area contributed by atoms with Crippen LogP contribution in [0.2, 0.25) is 0 Å². The first-order valence-electron chi connectivity index (χ1n) is 5.08. The van der Waals surface area contributed by atoms with Gasteiger partial charge in [0.05, 0.1) is 6.07 Å². The molecule has 2 N–H and O–H groups in total. The number of amides is 1. The Kier molecular flexibility index (Phi) is 4.80. The van der Waals surface area contributed by atoms with Gasteiger partial charge in [-0.15, -0.1) is 0 Å². The standard InChI is InChI=1S/C11H13N3O2/c12-5-2-1-3-6-14-11(16)9-8-13-7-4-10(9)15/h4,7-8H,1-3,6H2,(H,13,15)(H,14,16). The van der Waals surface area contributed by atoms with Crippen molar-refractivity contribution in [2.24, 2.45) is 0 Å². The van der Waals surface area contributed by atoms with Crippen LogP contribution in [0.1, 0.15) is 29.6 Å². The highest BCUT2D eigenvalue weighted by Crippen LogP contribution is 1.93. The van der Waals surface area contributed by atoms with Gasteiger partial charge < -0.3 is 10.3 Å². The summed E-state index contributed by atoms with van der Waals surface area (Å²) in [4.78, 5) is 25.5. The lowest BCUT2D eigenvalue weighted by atomic mass is 10.2. The fraction of sp³-hybridized carbons (Fsp3) is 0.364. The second kappa shape index (κ2) is 6.40. The summed E-state index contributed by atoms with van der Waals surface area (Å²) in [6.45, 7) is 0.481. The fourth-order valence-electron chi connectivity index (χ4n) is 1.22. The highest BCUT2D eigenvalue weighted by atomic mass is 16.2. The number of aromatic amines is 1. The Hall–Kier alpha value is -2.09. The molecule has 0 unspecified atom stereocenters. The van der Waals surface area contributed by atoms with Gasteiger partial charge in [-0.25, -0.2) is 0 Å². The number of aromatic nitrogens is 1. The Morgan fingerprint density at radius 3 is 3.00 bits per heavy atom. The second-order valence-corrected chi connectivity index (χ2v) is 3.29. The molecule has 0 aliphatic carbocycles. The zero-order valence-electron chi connectivity index (χ0n) is 8.82. The van der Waals surface area contributed by atoms with E-state index in [-0.39, 0.29) is 16.9 Å². The number of carbonyl (C=O) groups is 1. The summed E-state index contributed by atoms with van der Waals surface area (Å²) in [5, 5.41) is 10.9. The molecule has 1 rings (SSSR count). The van der Waals surface area contributed by atoms with Crippen LogP contribution < -0.4 is 10.7 Å². The molecule has 0 aromatic carbocycles. The summed E-state index contributed by atoms with van der Waals surface area (Å²) in [6.07, 6.45) is 4.84. The van der Waals surface area contributed by atoms with Gasteiger partial charge in [0.25, 0.3) is 5.91 Å². The van der Waals surface area contributed by atoms with E-state index < -0.39 is 0 Å². The normalized spacial score (nSPS) is 9.44. The molecule has 0 spiro atoms. The number of nitrogens with one attached hydrogen (secondary N) is 2. The van der Waals surface area contributed by atoms with Gasteiger partial charge in [-0.05, 0) is 12.8 Å². The van der Waals surface area contributed by atoms with Crippen molar-refractivity contribution in [3.8, 4) is 6.07 Å². The first kappa shape index (κ1) is 12.0. The second-order valence-electron chi connectivity index (χ2n) is 3.29. The Morgan fingerprint density at radius 1 is 1.50 bits per heavy atom. The van der Waals surface area contributed by atoms with Crippen LogP contribution in [-0.2, 0) is 0 Å². The monoisotopic (exact) mass is 219 g/mol. The zero-order valence-corrected chi connectivity index (χ0v) is 8.82. The van der Waals surface area contributed by atoms with Crippen molar-refractivity contribution in [2.75, 3.05) is 6.54 Å². The van der Waals surface area contributed by atoms with E-state index >= 15 is 0 Å². The Morgan fingerprint density at radius 2 is 2.31 bits per heavy atom. The SMILES string of the molecule is N#CCCCCNC(=O)c1c[nH]ccc1=O. The molecule has 84 valence electrons. The number of carbonyl (C=O) groups excluding carboxylic acids is 1. The molecule has 16 heavy (non-hydrogen) atoms. The van der Waals surface area contributed by atoms with E-state index in [1.807, 2.05) is 6.07 Å². The number of hydrogen-bond donors (Lipinski definition) is 2. The van der Waals surface area contributed by atoms with Gasteiger partial charge in [-0.2, -0.15) is 5.26 Å². The van der Waals surface area contributed by atoms with Crippen molar-refractivity contribution >= 4 is 5.91 Å². The highest BCUT2D eigenvalue weighted by molar-refractivity contribution is 5.93. The molecule has 0 aliphatic rings. The van der Waals surface area contributed by atoms with Crippen molar-refractivity contribution in [1.29, 1.82) is 5.26 Å². The third-order valence-corrected chi connectivity index (χ3v) is 2.07. The number of nitrogens with zero attached hydrogens (tertiary/aromatic N) is 1. The van der Waals surface area contributed by atoms with Crippen LogP contribution in [0.4, 0.5) is 0 Å². The Balaban J connectivity index is 2.40. The molecule has 0 atom stereocenters. The molecular weight excluding hydrogens is 206 g/mol. The van der Waals surface area contributed by atoms with Gasteiger partial charge in [0, 0.05) is 31.4 Å². The van der Waals surface area contributed by atoms with Gasteiger partial charge in [0.1, 0.15) is 5.56 Å². The van der Waals surface area contributed by atoms with E-state index in [4.69, 9.17) is 5.26 Å². The minimum Gasteiger partial charge on any atom is -0.367 e. The molecule has 1 heterocycles. The van der Waals surface area contributed by atoms with E-state index in [0.29, 0.717) is 13.0 Å². The zero-order chi connectivity index (χ0) is 11.8. The topological polar surface area (TPSA) is 85.8 Å². The lowest BCUT2D eigenvalue weighted by Gasteiger charge is -2.02. The quantitative estimate of drug-likeness (QED) is 0.718. The summed E-state index contributed by atoms with van der Waals surface area (Å²) < 4.78 is 0. The fourth-order valence-corrected chi connectivity index (χ4v) is 1.22. The first-order valence-corrected chi connectivity index (χ1v) is 5.08. The Labute approximate surface area is 93.1 Å². The highest BCUT2D eigenvalue weighted by Gasteiger charge is 2.07. The number of nitriles is 1. The summed E-state index contributed by atoms with van der Waals surface area (Å²) in [7, 11) is 0. The van der Waals surface area contributed by atoms with E-state index in [1.165, 1.54) is 18.5 Å². The number of unbranched alkanes of at least 4 members (excludes halogenated alkanes) is 2. The summed E-state index contributed by atoms with van der Waals surface area (Å²) in [5.41, 5.74) is -0.184. The molecule has 1 aromatic rings. The van der Waals surface area contributed by atoms with E-state index in [1.54, 1.807) is 0 Å². The van der Waals surface area contributed by atoms with Crippen LogP contribution in [0.15, 0.2) is 23.3 Å². The maximum atomic E-state index is 11.5. The molecule has 1 aromatic heterocycles. The van der Waals surface area contributed by atoms with Crippen LogP contribution >= 0.6 is 0 Å². The molecule has 1 amide bonds. The van der Waals surface area contributed by atoms with Crippen LogP contribution in [-0.4, -0.2) is 17.4 Å². The number of H-pyrrole nitrogens is 1. The Bertz CT molecular complexity index is 445. The van der Waals surface area contributed by atoms with Crippen molar-refractivity contribution in [3.63, 3.8) is 0 Å². The van der Waals surface area contributed by atoms with Crippen LogP contribution in [0, 0.1) is 11.3 Å². The largest absolute Gasteiger partial charge is 0.367 e. The van der Waals surface area contributed by atoms with Crippen molar-refractivity contribution in [2.45, 2.75) is 19.3 Å². The predicted octanol–water partition coefficient (Wildman–Crippen LogP) is 0.799. The van der Waals surface area contributed by atoms with Gasteiger partial charge in [0.15, 0.2) is 5.43 Å². The number of rotatable bonds is 5. The molecule has 0 bridgehead atoms. The molecule has 5 nitrogen and oxygen atoms in total. The van der Waals surface area contributed by atoms with Crippen molar-refractivity contribution in [3.05, 3.63) is 34.2 Å². The molecule has 0 saturated carbocycles. The van der Waals surface area contributed by atoms with Crippen molar-refractivity contribution < 1.29 is 4.79 Å². The molecular formula is C11H13N3O2. The van der Waals surface area contributed by atoms with Crippen LogP contribution in [0.25, 0.3) is 0 Å². The summed E-state index contributed by atoms with van der Waals surface area (Å²) >= 11 is 0. The van der Waals surface area contributed by atoms with Gasteiger partial charge in [-0.3, -0.25) is 9.59 Å².